The van der Waals surface area contributed by atoms with Gasteiger partial charge in [0.1, 0.15) is 0 Å². The molecule has 0 aromatic heterocycles. The minimum absolute atomic E-state index is 0.142. The molecule has 0 spiro atoms. The molecule has 2 atom stereocenters. The number of carbonyl (C=O) groups is 1. The average Bonchev–Trinajstić information content (AvgIpc) is 2.93. The predicted molar refractivity (Wildman–Crippen MR) is 73.9 cm³/mol. The molecular formula is C16H21NO2. The number of rotatable bonds is 2. The Balaban J connectivity index is 1.84. The van der Waals surface area contributed by atoms with E-state index in [2.05, 4.69) is 39.0 Å². The summed E-state index contributed by atoms with van der Waals surface area (Å²) >= 11 is 0. The summed E-state index contributed by atoms with van der Waals surface area (Å²) in [7, 11) is 0. The van der Waals surface area contributed by atoms with Gasteiger partial charge in [0.2, 0.25) is 0 Å². The molecule has 1 fully saturated rings. The maximum atomic E-state index is 12.3. The van der Waals surface area contributed by atoms with E-state index in [0.29, 0.717) is 12.5 Å². The second-order valence-corrected chi connectivity index (χ2v) is 6.06. The van der Waals surface area contributed by atoms with Gasteiger partial charge in [0, 0.05) is 0 Å². The molecule has 0 radical (unpaired) electrons. The fourth-order valence-electron chi connectivity index (χ4n) is 3.42. The molecule has 0 saturated carbocycles. The van der Waals surface area contributed by atoms with Crippen LogP contribution in [0.3, 0.4) is 0 Å². The number of fused-ring (bicyclic) bond motifs is 5. The Labute approximate surface area is 114 Å². The third kappa shape index (κ3) is 1.92. The molecule has 2 heterocycles. The van der Waals surface area contributed by atoms with Crippen molar-refractivity contribution in [3.8, 4) is 0 Å². The first-order valence-electron chi connectivity index (χ1n) is 7.14. The highest BCUT2D eigenvalue weighted by atomic mass is 16.6. The Hall–Kier alpha value is -1.51. The van der Waals surface area contributed by atoms with Gasteiger partial charge in [-0.2, -0.15) is 0 Å². The zero-order chi connectivity index (χ0) is 13.6. The van der Waals surface area contributed by atoms with Crippen LogP contribution in [0.25, 0.3) is 0 Å². The smallest absolute Gasteiger partial charge is 0.410 e. The van der Waals surface area contributed by atoms with Crippen LogP contribution in [0.1, 0.15) is 55.5 Å². The van der Waals surface area contributed by atoms with E-state index >= 15 is 0 Å². The second kappa shape index (κ2) is 4.55. The topological polar surface area (TPSA) is 29.5 Å². The van der Waals surface area contributed by atoms with E-state index in [1.54, 1.807) is 0 Å². The van der Waals surface area contributed by atoms with Gasteiger partial charge in [-0.3, -0.25) is 4.90 Å². The number of benzene rings is 1. The molecule has 3 rings (SSSR count). The van der Waals surface area contributed by atoms with Gasteiger partial charge in [0.15, 0.2) is 0 Å². The highest BCUT2D eigenvalue weighted by Crippen LogP contribution is 2.54. The van der Waals surface area contributed by atoms with Gasteiger partial charge in [0.05, 0.1) is 18.7 Å². The van der Waals surface area contributed by atoms with E-state index in [9.17, 15) is 4.79 Å². The minimum atomic E-state index is -0.142. The minimum Gasteiger partial charge on any atom is -0.449 e. The Kier molecular flexibility index (Phi) is 3.00. The molecule has 2 aliphatic rings. The highest BCUT2D eigenvalue weighted by molar-refractivity contribution is 5.72. The van der Waals surface area contributed by atoms with Crippen LogP contribution < -0.4 is 0 Å². The molecule has 3 nitrogen and oxygen atoms in total. The predicted octanol–water partition coefficient (Wildman–Crippen LogP) is 3.98. The first-order chi connectivity index (χ1) is 9.09. The van der Waals surface area contributed by atoms with Gasteiger partial charge in [-0.1, -0.05) is 32.0 Å². The number of hydrogen-bond donors (Lipinski definition) is 0. The number of hydrogen-bond acceptors (Lipinski definition) is 2. The molecule has 19 heavy (non-hydrogen) atoms. The fraction of sp³-hybridized carbons (Fsp3) is 0.562. The van der Waals surface area contributed by atoms with Crippen molar-refractivity contribution < 1.29 is 9.53 Å². The average molecular weight is 259 g/mol. The maximum absolute atomic E-state index is 12.3. The summed E-state index contributed by atoms with van der Waals surface area (Å²) in [6.07, 6.45) is 1.99. The van der Waals surface area contributed by atoms with Crippen LogP contribution in [0, 0.1) is 12.8 Å². The summed E-state index contributed by atoms with van der Waals surface area (Å²) in [5.41, 5.74) is 3.99. The largest absolute Gasteiger partial charge is 0.449 e. The van der Waals surface area contributed by atoms with E-state index in [4.69, 9.17) is 4.74 Å². The van der Waals surface area contributed by atoms with Crippen LogP contribution in [0.2, 0.25) is 0 Å². The quantitative estimate of drug-likeness (QED) is 0.804. The Morgan fingerprint density at radius 3 is 2.79 bits per heavy atom. The van der Waals surface area contributed by atoms with E-state index in [1.807, 2.05) is 4.90 Å². The monoisotopic (exact) mass is 259 g/mol. The van der Waals surface area contributed by atoms with E-state index in [-0.39, 0.29) is 18.2 Å². The summed E-state index contributed by atoms with van der Waals surface area (Å²) in [6, 6.07) is 6.86. The highest BCUT2D eigenvalue weighted by Gasteiger charge is 2.47. The van der Waals surface area contributed by atoms with Gasteiger partial charge in [-0.15, -0.1) is 0 Å². The lowest BCUT2D eigenvalue weighted by molar-refractivity contribution is 0.0807. The molecule has 2 bridgehead atoms. The van der Waals surface area contributed by atoms with Crippen molar-refractivity contribution in [1.29, 1.82) is 0 Å². The van der Waals surface area contributed by atoms with Gasteiger partial charge < -0.3 is 4.74 Å². The molecule has 2 aliphatic heterocycles. The summed E-state index contributed by atoms with van der Waals surface area (Å²) in [5, 5.41) is 0. The maximum Gasteiger partial charge on any atom is 0.410 e. The Morgan fingerprint density at radius 1 is 1.37 bits per heavy atom. The van der Waals surface area contributed by atoms with Gasteiger partial charge in [-0.25, -0.2) is 4.79 Å². The van der Waals surface area contributed by atoms with Crippen LogP contribution in [0.4, 0.5) is 4.79 Å². The lowest BCUT2D eigenvalue weighted by Gasteiger charge is -2.22. The van der Waals surface area contributed by atoms with Crippen molar-refractivity contribution in [2.24, 2.45) is 5.92 Å². The van der Waals surface area contributed by atoms with Gasteiger partial charge in [-0.05, 0) is 42.4 Å². The molecule has 0 N–H and O–H groups in total. The molecule has 1 aromatic rings. The molecule has 0 unspecified atom stereocenters. The van der Waals surface area contributed by atoms with Gasteiger partial charge >= 0.3 is 6.09 Å². The molecule has 1 aromatic carbocycles. The van der Waals surface area contributed by atoms with Crippen molar-refractivity contribution in [2.45, 2.75) is 45.7 Å². The van der Waals surface area contributed by atoms with Crippen molar-refractivity contribution in [2.75, 3.05) is 6.61 Å². The van der Waals surface area contributed by atoms with Crippen LogP contribution >= 0.6 is 0 Å². The van der Waals surface area contributed by atoms with E-state index < -0.39 is 0 Å². The number of ether oxygens (including phenoxy) is 1. The number of carbonyl (C=O) groups excluding carboxylic acids is 1. The fourth-order valence-corrected chi connectivity index (χ4v) is 3.42. The van der Waals surface area contributed by atoms with Crippen LogP contribution in [-0.4, -0.2) is 17.6 Å². The lowest BCUT2D eigenvalue weighted by Crippen LogP contribution is -2.29. The molecule has 0 aliphatic carbocycles. The molecule has 3 heteroatoms. The SMILES string of the molecule is Cc1cccc2c1[C@H]1CC[C@@H]2N1C(=O)OCC(C)C. The summed E-state index contributed by atoms with van der Waals surface area (Å²) < 4.78 is 5.43. The first-order valence-corrected chi connectivity index (χ1v) is 7.14. The Bertz CT molecular complexity index is 509. The zero-order valence-corrected chi connectivity index (χ0v) is 11.8. The van der Waals surface area contributed by atoms with Crippen molar-refractivity contribution >= 4 is 6.09 Å². The summed E-state index contributed by atoms with van der Waals surface area (Å²) in [5.74, 6) is 0.383. The first kappa shape index (κ1) is 12.5. The van der Waals surface area contributed by atoms with E-state index in [1.165, 1.54) is 16.7 Å². The summed E-state index contributed by atoms with van der Waals surface area (Å²) in [6.45, 7) is 6.76. The number of aryl methyl sites for hydroxylation is 1. The normalized spacial score (nSPS) is 23.9. The molecular weight excluding hydrogens is 238 g/mol. The Morgan fingerprint density at radius 2 is 2.11 bits per heavy atom. The third-order valence-electron chi connectivity index (χ3n) is 4.19. The van der Waals surface area contributed by atoms with Crippen molar-refractivity contribution in [3.63, 3.8) is 0 Å². The third-order valence-corrected chi connectivity index (χ3v) is 4.19. The lowest BCUT2D eigenvalue weighted by atomic mass is 9.89. The van der Waals surface area contributed by atoms with Gasteiger partial charge in [0.25, 0.3) is 0 Å². The van der Waals surface area contributed by atoms with Crippen molar-refractivity contribution in [3.05, 3.63) is 34.9 Å². The second-order valence-electron chi connectivity index (χ2n) is 6.06. The zero-order valence-electron chi connectivity index (χ0n) is 11.8. The number of amides is 1. The van der Waals surface area contributed by atoms with Crippen LogP contribution in [0.5, 0.6) is 0 Å². The number of nitrogens with zero attached hydrogens (tertiary/aromatic N) is 1. The molecule has 1 saturated heterocycles. The standard InChI is InChI=1S/C16H21NO2/c1-10(2)9-19-16(18)17-13-7-8-14(17)15-11(3)5-4-6-12(13)15/h4-6,10,13-14H,7-9H2,1-3H3/t13-,14+/m0/s1. The molecule has 102 valence electrons. The summed E-state index contributed by atoms with van der Waals surface area (Å²) in [4.78, 5) is 14.3. The van der Waals surface area contributed by atoms with Crippen LogP contribution in [0.15, 0.2) is 18.2 Å². The van der Waals surface area contributed by atoms with Crippen molar-refractivity contribution in [1.82, 2.24) is 4.90 Å². The van der Waals surface area contributed by atoms with Crippen LogP contribution in [-0.2, 0) is 4.74 Å². The molecule has 1 amide bonds. The van der Waals surface area contributed by atoms with E-state index in [0.717, 1.165) is 12.8 Å².